The number of H-pyrrole nitrogens is 1. The number of aromatic nitrogens is 1. The number of alkyl halides is 2. The Hall–Kier alpha value is -3.17. The number of carboxylic acids is 1. The topological polar surface area (TPSA) is 78.0 Å². The highest BCUT2D eigenvalue weighted by atomic mass is 19.3. The van der Waals surface area contributed by atoms with Crippen molar-refractivity contribution < 1.29 is 28.2 Å². The van der Waals surface area contributed by atoms with E-state index in [9.17, 15) is 18.7 Å². The van der Waals surface area contributed by atoms with E-state index in [2.05, 4.69) is 20.9 Å². The van der Waals surface area contributed by atoms with Gasteiger partial charge in [0, 0.05) is 74.0 Å². The zero-order chi connectivity index (χ0) is 27.5. The lowest BCUT2D eigenvalue weighted by Gasteiger charge is -2.55. The number of rotatable bonds is 7. The van der Waals surface area contributed by atoms with E-state index in [-0.39, 0.29) is 30.6 Å². The number of carbonyl (C=O) groups is 1. The zero-order valence-corrected chi connectivity index (χ0v) is 22.6. The summed E-state index contributed by atoms with van der Waals surface area (Å²) in [7, 11) is 3.35. The predicted octanol–water partition coefficient (Wildman–Crippen LogP) is 5.77. The van der Waals surface area contributed by atoms with E-state index in [4.69, 9.17) is 9.47 Å². The summed E-state index contributed by atoms with van der Waals surface area (Å²) in [6, 6.07) is 9.22. The maximum absolute atomic E-state index is 14.2. The summed E-state index contributed by atoms with van der Waals surface area (Å²) < 4.78 is 39.7. The Morgan fingerprint density at radius 2 is 1.95 bits per heavy atom. The Morgan fingerprint density at radius 3 is 2.62 bits per heavy atom. The number of ether oxygens (including phenoxy) is 2. The third-order valence-electron chi connectivity index (χ3n) is 9.11. The molecule has 208 valence electrons. The molecule has 1 aliphatic carbocycles. The minimum Gasteiger partial charge on any atom is -0.496 e. The minimum absolute atomic E-state index is 0.0851. The summed E-state index contributed by atoms with van der Waals surface area (Å²) in [6.07, 6.45) is 3.16. The largest absolute Gasteiger partial charge is 0.496 e. The molecule has 1 spiro atoms. The van der Waals surface area contributed by atoms with Crippen molar-refractivity contribution in [2.75, 3.05) is 38.8 Å². The molecule has 2 saturated heterocycles. The molecule has 1 aromatic heterocycles. The first-order valence-corrected chi connectivity index (χ1v) is 13.5. The third-order valence-corrected chi connectivity index (χ3v) is 9.11. The fourth-order valence-corrected chi connectivity index (χ4v) is 7.04. The van der Waals surface area contributed by atoms with Gasteiger partial charge < -0.3 is 24.5 Å². The van der Waals surface area contributed by atoms with Crippen LogP contribution in [0.25, 0.3) is 10.9 Å². The summed E-state index contributed by atoms with van der Waals surface area (Å²) in [5.41, 5.74) is 4.87. The van der Waals surface area contributed by atoms with Crippen LogP contribution in [0.2, 0.25) is 0 Å². The smallest absolute Gasteiger partial charge is 0.335 e. The van der Waals surface area contributed by atoms with Crippen LogP contribution in [0.3, 0.4) is 0 Å². The highest BCUT2D eigenvalue weighted by Crippen LogP contribution is 2.61. The average Bonchev–Trinajstić information content (AvgIpc) is 3.35. The first-order chi connectivity index (χ1) is 18.6. The Morgan fingerprint density at radius 1 is 1.18 bits per heavy atom. The summed E-state index contributed by atoms with van der Waals surface area (Å²) >= 11 is 0. The highest BCUT2D eigenvalue weighted by molar-refractivity contribution is 5.89. The lowest BCUT2D eigenvalue weighted by Crippen LogP contribution is -2.54. The molecular weight excluding hydrogens is 504 g/mol. The van der Waals surface area contributed by atoms with E-state index in [0.29, 0.717) is 39.0 Å². The third kappa shape index (κ3) is 4.55. The first kappa shape index (κ1) is 26.1. The second-order valence-corrected chi connectivity index (χ2v) is 11.6. The highest BCUT2D eigenvalue weighted by Gasteiger charge is 2.58. The molecule has 0 bridgehead atoms. The van der Waals surface area contributed by atoms with E-state index in [1.165, 1.54) is 0 Å². The Bertz CT molecular complexity index is 1410. The number of hydrogen-bond acceptors (Lipinski definition) is 5. The van der Waals surface area contributed by atoms with Gasteiger partial charge in [-0.25, -0.2) is 13.6 Å². The number of aromatic carboxylic acids is 1. The van der Waals surface area contributed by atoms with Crippen molar-refractivity contribution in [3.05, 3.63) is 58.8 Å². The van der Waals surface area contributed by atoms with Crippen LogP contribution in [0, 0.1) is 12.3 Å². The average molecular weight is 540 g/mol. The molecule has 3 fully saturated rings. The molecular formula is C30H35F2N3O4. The molecule has 0 radical (unpaired) electrons. The fraction of sp³-hybridized carbons (Fsp3) is 0.500. The van der Waals surface area contributed by atoms with E-state index in [1.54, 1.807) is 26.4 Å². The van der Waals surface area contributed by atoms with Gasteiger partial charge >= 0.3 is 5.97 Å². The molecule has 3 aromatic rings. The first-order valence-electron chi connectivity index (χ1n) is 13.5. The molecule has 1 saturated carbocycles. The van der Waals surface area contributed by atoms with Gasteiger partial charge in [0.15, 0.2) is 0 Å². The fourth-order valence-electron chi connectivity index (χ4n) is 7.04. The number of fused-ring (bicyclic) bond motifs is 1. The molecule has 39 heavy (non-hydrogen) atoms. The number of hydrogen-bond donors (Lipinski definition) is 2. The number of nitrogens with one attached hydrogen (secondary N) is 1. The Balaban J connectivity index is 1.41. The Kier molecular flexibility index (Phi) is 6.34. The number of aryl methyl sites for hydroxylation is 1. The lowest BCUT2D eigenvalue weighted by molar-refractivity contribution is -0.186. The van der Waals surface area contributed by atoms with Gasteiger partial charge in [0.05, 0.1) is 18.8 Å². The standard InChI is InChI=1S/C30H35F2N3O4/c1-18-10-26(39-3)23(21-6-8-33-27(18)21)15-34-9-7-29(16-30(31,32)17-29)12-25(34)22-5-4-19(28(36)37)11-24(22)35-13-20(14-35)38-2/h4-6,8,10-11,20,25,33H,7,9,12-17H2,1-3H3,(H,36,37)/t25-/m1/s1. The van der Waals surface area contributed by atoms with Crippen LogP contribution in [-0.4, -0.2) is 66.8 Å². The van der Waals surface area contributed by atoms with Crippen LogP contribution >= 0.6 is 0 Å². The zero-order valence-electron chi connectivity index (χ0n) is 22.6. The van der Waals surface area contributed by atoms with Crippen molar-refractivity contribution in [2.45, 2.75) is 57.2 Å². The van der Waals surface area contributed by atoms with Crippen LogP contribution < -0.4 is 9.64 Å². The number of methoxy groups -OCH3 is 2. The van der Waals surface area contributed by atoms with Gasteiger partial charge in [-0.05, 0) is 67.1 Å². The van der Waals surface area contributed by atoms with Gasteiger partial charge in [0.1, 0.15) is 5.75 Å². The van der Waals surface area contributed by atoms with E-state index >= 15 is 0 Å². The monoisotopic (exact) mass is 539 g/mol. The van der Waals surface area contributed by atoms with Gasteiger partial charge in [-0.1, -0.05) is 6.07 Å². The number of carboxylic acid groups (broad SMARTS) is 1. The van der Waals surface area contributed by atoms with Crippen LogP contribution in [0.4, 0.5) is 14.5 Å². The second kappa shape index (κ2) is 9.48. The molecule has 6 rings (SSSR count). The van der Waals surface area contributed by atoms with Gasteiger partial charge in [0.25, 0.3) is 0 Å². The number of benzene rings is 2. The van der Waals surface area contributed by atoms with Gasteiger partial charge in [-0.2, -0.15) is 0 Å². The summed E-state index contributed by atoms with van der Waals surface area (Å²) in [6.45, 7) is 4.64. The molecule has 2 aliphatic heterocycles. The van der Waals surface area contributed by atoms with Gasteiger partial charge in [0.2, 0.25) is 5.92 Å². The van der Waals surface area contributed by atoms with Crippen molar-refractivity contribution in [3.8, 4) is 5.75 Å². The predicted molar refractivity (Wildman–Crippen MR) is 145 cm³/mol. The van der Waals surface area contributed by atoms with Crippen molar-refractivity contribution in [1.82, 2.24) is 9.88 Å². The Labute approximate surface area is 226 Å². The van der Waals surface area contributed by atoms with Gasteiger partial charge in [-0.15, -0.1) is 0 Å². The molecule has 1 atom stereocenters. The summed E-state index contributed by atoms with van der Waals surface area (Å²) in [5, 5.41) is 10.8. The van der Waals surface area contributed by atoms with Crippen molar-refractivity contribution in [1.29, 1.82) is 0 Å². The van der Waals surface area contributed by atoms with Crippen LogP contribution in [0.15, 0.2) is 36.5 Å². The summed E-state index contributed by atoms with van der Waals surface area (Å²) in [4.78, 5) is 19.7. The molecule has 2 N–H and O–H groups in total. The van der Waals surface area contributed by atoms with Crippen LogP contribution in [-0.2, 0) is 11.3 Å². The van der Waals surface area contributed by atoms with E-state index in [0.717, 1.165) is 39.0 Å². The minimum atomic E-state index is -2.61. The maximum Gasteiger partial charge on any atom is 0.335 e. The van der Waals surface area contributed by atoms with E-state index in [1.807, 2.05) is 25.3 Å². The number of aromatic amines is 1. The van der Waals surface area contributed by atoms with Crippen LogP contribution in [0.5, 0.6) is 5.75 Å². The van der Waals surface area contributed by atoms with E-state index < -0.39 is 17.3 Å². The van der Waals surface area contributed by atoms with Crippen molar-refractivity contribution in [2.24, 2.45) is 5.41 Å². The molecule has 7 nitrogen and oxygen atoms in total. The number of anilines is 1. The molecule has 9 heteroatoms. The molecule has 2 aromatic carbocycles. The number of halogens is 2. The molecule has 0 unspecified atom stereocenters. The SMILES string of the molecule is COc1cc(C)c2[nH]ccc2c1CN1CCC2(C[C@@H]1c1ccc(C(=O)O)cc1N1CC(OC)C1)CC(F)(F)C2. The van der Waals surface area contributed by atoms with Crippen molar-refractivity contribution >= 4 is 22.6 Å². The quantitative estimate of drug-likeness (QED) is 0.397. The second-order valence-electron chi connectivity index (χ2n) is 11.6. The van der Waals surface area contributed by atoms with Gasteiger partial charge in [-0.3, -0.25) is 4.90 Å². The number of nitrogens with zero attached hydrogens (tertiary/aromatic N) is 2. The molecule has 3 heterocycles. The molecule has 3 aliphatic rings. The lowest BCUT2D eigenvalue weighted by atomic mass is 9.58. The van der Waals surface area contributed by atoms with Crippen molar-refractivity contribution in [3.63, 3.8) is 0 Å². The molecule has 0 amide bonds. The number of piperidine rings is 1. The van der Waals surface area contributed by atoms with Crippen LogP contribution in [0.1, 0.15) is 58.8 Å². The summed E-state index contributed by atoms with van der Waals surface area (Å²) in [5.74, 6) is -2.79. The normalized spacial score (nSPS) is 22.6. The number of likely N-dealkylation sites (tertiary alicyclic amines) is 1. The maximum atomic E-state index is 14.2.